The van der Waals surface area contributed by atoms with Crippen LogP contribution >= 0.6 is 0 Å². The molecule has 1 heterocycles. The molecule has 140 valence electrons. The van der Waals surface area contributed by atoms with Gasteiger partial charge in [0.05, 0.1) is 19.1 Å². The van der Waals surface area contributed by atoms with Crippen LogP contribution < -0.4 is 4.74 Å². The lowest BCUT2D eigenvalue weighted by Crippen LogP contribution is -2.34. The first-order valence-electron chi connectivity index (χ1n) is 9.18. The molecule has 0 bridgehead atoms. The number of methoxy groups -OCH3 is 1. The average molecular weight is 348 g/mol. The zero-order valence-electron chi connectivity index (χ0n) is 16.0. The molecule has 0 unspecified atom stereocenters. The van der Waals surface area contributed by atoms with Gasteiger partial charge in [0, 0.05) is 39.4 Å². The molecular formula is C20H32N2O3. The van der Waals surface area contributed by atoms with Gasteiger partial charge in [0.15, 0.2) is 0 Å². The Bertz CT molecular complexity index is 547. The molecule has 0 aliphatic carbocycles. The Balaban J connectivity index is 1.91. The molecule has 1 amide bonds. The number of amides is 1. The van der Waals surface area contributed by atoms with E-state index in [1.165, 1.54) is 0 Å². The molecule has 5 heteroatoms. The Labute approximate surface area is 151 Å². The van der Waals surface area contributed by atoms with E-state index in [0.29, 0.717) is 19.1 Å². The summed E-state index contributed by atoms with van der Waals surface area (Å²) in [5.74, 6) is 1.66. The number of likely N-dealkylation sites (tertiary alicyclic amines) is 1. The van der Waals surface area contributed by atoms with E-state index in [2.05, 4.69) is 18.7 Å². The third-order valence-corrected chi connectivity index (χ3v) is 4.56. The lowest BCUT2D eigenvalue weighted by molar-refractivity contribution is -0.134. The second-order valence-electron chi connectivity index (χ2n) is 7.29. The third kappa shape index (κ3) is 6.01. The van der Waals surface area contributed by atoms with Gasteiger partial charge in [0.2, 0.25) is 5.91 Å². The predicted octanol–water partition coefficient (Wildman–Crippen LogP) is 2.65. The minimum Gasteiger partial charge on any atom is -0.493 e. The number of ether oxygens (including phenoxy) is 2. The van der Waals surface area contributed by atoms with Gasteiger partial charge >= 0.3 is 0 Å². The van der Waals surface area contributed by atoms with Gasteiger partial charge in [-0.25, -0.2) is 0 Å². The van der Waals surface area contributed by atoms with E-state index in [9.17, 15) is 4.79 Å². The molecule has 1 fully saturated rings. The van der Waals surface area contributed by atoms with E-state index in [4.69, 9.17) is 9.47 Å². The molecule has 1 aromatic rings. The van der Waals surface area contributed by atoms with Crippen molar-refractivity contribution in [1.82, 2.24) is 9.80 Å². The summed E-state index contributed by atoms with van der Waals surface area (Å²) in [6.07, 6.45) is 0.929. The summed E-state index contributed by atoms with van der Waals surface area (Å²) in [7, 11) is 3.60. The first-order valence-corrected chi connectivity index (χ1v) is 9.18. The van der Waals surface area contributed by atoms with Gasteiger partial charge in [0.1, 0.15) is 5.75 Å². The molecule has 1 aliphatic rings. The van der Waals surface area contributed by atoms with Crippen LogP contribution in [0.4, 0.5) is 0 Å². The first kappa shape index (κ1) is 19.7. The van der Waals surface area contributed by atoms with Crippen molar-refractivity contribution in [2.24, 2.45) is 11.8 Å². The summed E-state index contributed by atoms with van der Waals surface area (Å²) in [6.45, 7) is 8.96. The van der Waals surface area contributed by atoms with Crippen LogP contribution in [-0.4, -0.2) is 62.7 Å². The van der Waals surface area contributed by atoms with E-state index in [0.717, 1.165) is 44.0 Å². The zero-order valence-corrected chi connectivity index (χ0v) is 16.0. The number of nitrogens with zero attached hydrogens (tertiary/aromatic N) is 2. The number of carbonyl (C=O) groups excluding carboxylic acids is 1. The van der Waals surface area contributed by atoms with E-state index < -0.39 is 0 Å². The second kappa shape index (κ2) is 9.78. The van der Waals surface area contributed by atoms with E-state index in [-0.39, 0.29) is 11.8 Å². The summed E-state index contributed by atoms with van der Waals surface area (Å²) in [6, 6.07) is 8.00. The van der Waals surface area contributed by atoms with Crippen LogP contribution in [0.5, 0.6) is 5.75 Å². The quantitative estimate of drug-likeness (QED) is 0.688. The van der Waals surface area contributed by atoms with Crippen molar-refractivity contribution >= 4 is 5.91 Å². The van der Waals surface area contributed by atoms with E-state index in [1.54, 1.807) is 7.11 Å². The van der Waals surface area contributed by atoms with Gasteiger partial charge in [-0.3, -0.25) is 4.79 Å². The summed E-state index contributed by atoms with van der Waals surface area (Å²) in [5, 5.41) is 0. The van der Waals surface area contributed by atoms with Crippen LogP contribution in [0, 0.1) is 11.8 Å². The minimum atomic E-state index is 0.0885. The fraction of sp³-hybridized carbons (Fsp3) is 0.650. The molecule has 0 N–H and O–H groups in total. The number of carbonyl (C=O) groups is 1. The van der Waals surface area contributed by atoms with Gasteiger partial charge in [-0.2, -0.15) is 0 Å². The highest BCUT2D eigenvalue weighted by Gasteiger charge is 2.30. The first-order chi connectivity index (χ1) is 12.0. The number of hydrogen-bond donors (Lipinski definition) is 0. The molecular weight excluding hydrogens is 316 g/mol. The summed E-state index contributed by atoms with van der Waals surface area (Å²) in [4.78, 5) is 16.9. The van der Waals surface area contributed by atoms with Crippen molar-refractivity contribution in [3.8, 4) is 5.75 Å². The Morgan fingerprint density at radius 1 is 1.36 bits per heavy atom. The van der Waals surface area contributed by atoms with Gasteiger partial charge in [0.25, 0.3) is 0 Å². The van der Waals surface area contributed by atoms with Crippen LogP contribution in [0.3, 0.4) is 0 Å². The molecule has 0 aromatic heterocycles. The Kier molecular flexibility index (Phi) is 7.72. The molecule has 1 aromatic carbocycles. The smallest absolute Gasteiger partial charge is 0.227 e. The topological polar surface area (TPSA) is 42.0 Å². The number of benzene rings is 1. The Hall–Kier alpha value is -1.59. The van der Waals surface area contributed by atoms with Crippen LogP contribution in [0.25, 0.3) is 0 Å². The van der Waals surface area contributed by atoms with Crippen molar-refractivity contribution in [1.29, 1.82) is 0 Å². The normalized spacial score (nSPS) is 17.9. The van der Waals surface area contributed by atoms with Crippen molar-refractivity contribution < 1.29 is 14.3 Å². The molecule has 25 heavy (non-hydrogen) atoms. The van der Waals surface area contributed by atoms with Crippen LogP contribution in [0.2, 0.25) is 0 Å². The van der Waals surface area contributed by atoms with Crippen molar-refractivity contribution in [2.45, 2.75) is 26.8 Å². The summed E-state index contributed by atoms with van der Waals surface area (Å²) < 4.78 is 11.0. The molecule has 2 rings (SSSR count). The van der Waals surface area contributed by atoms with Gasteiger partial charge < -0.3 is 19.3 Å². The molecule has 0 radical (unpaired) electrons. The van der Waals surface area contributed by atoms with Gasteiger partial charge in [-0.15, -0.1) is 0 Å². The van der Waals surface area contributed by atoms with Crippen LogP contribution in [0.1, 0.15) is 25.8 Å². The van der Waals surface area contributed by atoms with Gasteiger partial charge in [-0.1, -0.05) is 32.0 Å². The number of hydrogen-bond acceptors (Lipinski definition) is 4. The zero-order chi connectivity index (χ0) is 18.2. The standard InChI is InChI=1S/C20H32N2O3/c1-16(2)15-25-19-8-6-5-7-17(19)13-21(3)20(23)18-9-10-22(14-18)11-12-24-4/h5-8,16,18H,9-15H2,1-4H3/t18-/m0/s1. The third-order valence-electron chi connectivity index (χ3n) is 4.56. The molecule has 1 saturated heterocycles. The highest BCUT2D eigenvalue weighted by molar-refractivity contribution is 5.79. The van der Waals surface area contributed by atoms with Crippen LogP contribution in [0.15, 0.2) is 24.3 Å². The van der Waals surface area contributed by atoms with E-state index in [1.807, 2.05) is 36.2 Å². The fourth-order valence-electron chi connectivity index (χ4n) is 3.13. The lowest BCUT2D eigenvalue weighted by Gasteiger charge is -2.23. The molecule has 5 nitrogen and oxygen atoms in total. The maximum atomic E-state index is 12.8. The van der Waals surface area contributed by atoms with Crippen molar-refractivity contribution in [3.05, 3.63) is 29.8 Å². The maximum Gasteiger partial charge on any atom is 0.227 e. The highest BCUT2D eigenvalue weighted by atomic mass is 16.5. The van der Waals surface area contributed by atoms with E-state index >= 15 is 0 Å². The SMILES string of the molecule is COCCN1CC[C@H](C(=O)N(C)Cc2ccccc2OCC(C)C)C1. The monoisotopic (exact) mass is 348 g/mol. The molecule has 1 atom stereocenters. The second-order valence-corrected chi connectivity index (χ2v) is 7.29. The minimum absolute atomic E-state index is 0.0885. The van der Waals surface area contributed by atoms with Gasteiger partial charge in [-0.05, 0) is 24.9 Å². The Morgan fingerprint density at radius 2 is 2.12 bits per heavy atom. The molecule has 0 saturated carbocycles. The summed E-state index contributed by atoms with van der Waals surface area (Å²) in [5.41, 5.74) is 1.06. The van der Waals surface area contributed by atoms with Crippen LogP contribution in [-0.2, 0) is 16.1 Å². The Morgan fingerprint density at radius 3 is 2.84 bits per heavy atom. The fourth-order valence-corrected chi connectivity index (χ4v) is 3.13. The largest absolute Gasteiger partial charge is 0.493 e. The average Bonchev–Trinajstić information content (AvgIpc) is 3.07. The number of para-hydroxylation sites is 1. The summed E-state index contributed by atoms with van der Waals surface area (Å²) >= 11 is 0. The number of rotatable bonds is 9. The molecule has 0 spiro atoms. The van der Waals surface area contributed by atoms with Crippen molar-refractivity contribution in [3.63, 3.8) is 0 Å². The van der Waals surface area contributed by atoms with Crippen molar-refractivity contribution in [2.75, 3.05) is 47.0 Å². The maximum absolute atomic E-state index is 12.8. The highest BCUT2D eigenvalue weighted by Crippen LogP contribution is 2.23. The predicted molar refractivity (Wildman–Crippen MR) is 99.7 cm³/mol. The molecule has 1 aliphatic heterocycles. The lowest BCUT2D eigenvalue weighted by atomic mass is 10.1.